The minimum Gasteiger partial charge on any atom is -0.355 e. The Kier molecular flexibility index (Phi) is 4.53. The van der Waals surface area contributed by atoms with Crippen LogP contribution in [-0.4, -0.2) is 30.6 Å². The molecule has 4 nitrogen and oxygen atoms in total. The predicted molar refractivity (Wildman–Crippen MR) is 85.8 cm³/mol. The fourth-order valence-electron chi connectivity index (χ4n) is 2.49. The normalized spacial score (nSPS) is 15.1. The Bertz CT molecular complexity index is 667. The van der Waals surface area contributed by atoms with Crippen molar-refractivity contribution in [3.05, 3.63) is 64.7 Å². The van der Waals surface area contributed by atoms with Gasteiger partial charge in [0.2, 0.25) is 0 Å². The lowest BCUT2D eigenvalue weighted by Gasteiger charge is -2.17. The zero-order valence-corrected chi connectivity index (χ0v) is 12.6. The molecule has 2 heterocycles. The first kappa shape index (κ1) is 14.8. The summed E-state index contributed by atoms with van der Waals surface area (Å²) in [7, 11) is 0. The van der Waals surface area contributed by atoms with Gasteiger partial charge in [0.1, 0.15) is 5.82 Å². The van der Waals surface area contributed by atoms with Gasteiger partial charge in [0, 0.05) is 31.4 Å². The van der Waals surface area contributed by atoms with Crippen LogP contribution in [0.3, 0.4) is 0 Å². The number of nitrogens with zero attached hydrogens (tertiary/aromatic N) is 2. The van der Waals surface area contributed by atoms with Crippen LogP contribution in [0.2, 0.25) is 5.02 Å². The lowest BCUT2D eigenvalue weighted by atomic mass is 9.91. The van der Waals surface area contributed by atoms with Crippen molar-refractivity contribution in [2.45, 2.75) is 5.92 Å². The van der Waals surface area contributed by atoms with E-state index in [0.29, 0.717) is 12.1 Å². The minimum atomic E-state index is -0.390. The maximum atomic E-state index is 14.4. The molecule has 0 radical (unpaired) electrons. The first-order valence-corrected chi connectivity index (χ1v) is 7.49. The molecule has 3 rings (SSSR count). The summed E-state index contributed by atoms with van der Waals surface area (Å²) in [6, 6.07) is 8.81. The van der Waals surface area contributed by atoms with Crippen LogP contribution in [0.4, 0.5) is 4.39 Å². The second-order valence-electron chi connectivity index (χ2n) is 5.02. The second kappa shape index (κ2) is 6.75. The van der Waals surface area contributed by atoms with Gasteiger partial charge in [-0.1, -0.05) is 23.7 Å². The number of aromatic nitrogens is 1. The van der Waals surface area contributed by atoms with E-state index in [1.54, 1.807) is 30.6 Å². The van der Waals surface area contributed by atoms with Crippen LogP contribution in [0, 0.1) is 5.82 Å². The van der Waals surface area contributed by atoms with Gasteiger partial charge in [0.15, 0.2) is 5.96 Å². The number of halogens is 2. The standard InChI is InChI=1S/C16H16ClFN4/c17-14-3-1-2-12(15(14)18)13(11-4-6-19-7-5-11)10-22-16-20-8-9-21-16/h1-7,13H,8-10H2,(H2,20,21,22). The van der Waals surface area contributed by atoms with Gasteiger partial charge in [0.05, 0.1) is 11.6 Å². The summed E-state index contributed by atoms with van der Waals surface area (Å²) >= 11 is 5.92. The second-order valence-corrected chi connectivity index (χ2v) is 5.43. The lowest BCUT2D eigenvalue weighted by molar-refractivity contribution is 0.597. The van der Waals surface area contributed by atoms with Crippen molar-refractivity contribution >= 4 is 17.6 Å². The van der Waals surface area contributed by atoms with Crippen molar-refractivity contribution in [1.29, 1.82) is 0 Å². The Hall–Kier alpha value is -2.14. The van der Waals surface area contributed by atoms with Crippen molar-refractivity contribution in [3.63, 3.8) is 0 Å². The largest absolute Gasteiger partial charge is 0.355 e. The quantitative estimate of drug-likeness (QED) is 0.911. The van der Waals surface area contributed by atoms with E-state index in [0.717, 1.165) is 24.6 Å². The summed E-state index contributed by atoms with van der Waals surface area (Å²) < 4.78 is 14.4. The third kappa shape index (κ3) is 3.20. The van der Waals surface area contributed by atoms with E-state index in [1.807, 2.05) is 12.1 Å². The molecule has 22 heavy (non-hydrogen) atoms. The molecule has 1 fully saturated rings. The summed E-state index contributed by atoms with van der Waals surface area (Å²) in [5, 5.41) is 6.42. The van der Waals surface area contributed by atoms with E-state index in [1.165, 1.54) is 0 Å². The lowest BCUT2D eigenvalue weighted by Crippen LogP contribution is -2.25. The van der Waals surface area contributed by atoms with E-state index in [2.05, 4.69) is 20.6 Å². The monoisotopic (exact) mass is 318 g/mol. The molecule has 1 aromatic carbocycles. The molecule has 1 unspecified atom stereocenters. The highest BCUT2D eigenvalue weighted by Crippen LogP contribution is 2.30. The van der Waals surface area contributed by atoms with Crippen LogP contribution >= 0.6 is 11.6 Å². The van der Waals surface area contributed by atoms with E-state index >= 15 is 0 Å². The summed E-state index contributed by atoms with van der Waals surface area (Å²) in [6.45, 7) is 2.13. The molecular weight excluding hydrogens is 303 g/mol. The highest BCUT2D eigenvalue weighted by molar-refractivity contribution is 6.30. The smallest absolute Gasteiger partial charge is 0.191 e. The molecule has 6 heteroatoms. The van der Waals surface area contributed by atoms with Gasteiger partial charge in [0.25, 0.3) is 0 Å². The number of hydrogen-bond donors (Lipinski definition) is 2. The molecule has 1 aliphatic rings. The zero-order chi connectivity index (χ0) is 15.4. The maximum Gasteiger partial charge on any atom is 0.191 e. The van der Waals surface area contributed by atoms with Crippen molar-refractivity contribution in [2.75, 3.05) is 19.6 Å². The maximum absolute atomic E-state index is 14.4. The number of aliphatic imine (C=N–C) groups is 1. The van der Waals surface area contributed by atoms with Gasteiger partial charge in [-0.25, -0.2) is 4.39 Å². The molecule has 114 valence electrons. The van der Waals surface area contributed by atoms with Crippen molar-refractivity contribution < 1.29 is 4.39 Å². The van der Waals surface area contributed by atoms with E-state index in [-0.39, 0.29) is 10.9 Å². The molecule has 0 bridgehead atoms. The summed E-state index contributed by atoms with van der Waals surface area (Å²) in [6.07, 6.45) is 3.40. The number of rotatable bonds is 4. The number of benzene rings is 1. The van der Waals surface area contributed by atoms with Crippen molar-refractivity contribution in [3.8, 4) is 0 Å². The fourth-order valence-corrected chi connectivity index (χ4v) is 2.67. The van der Waals surface area contributed by atoms with Crippen LogP contribution in [0.5, 0.6) is 0 Å². The topological polar surface area (TPSA) is 49.3 Å². The van der Waals surface area contributed by atoms with Crippen LogP contribution in [0.15, 0.2) is 47.7 Å². The van der Waals surface area contributed by atoms with Crippen molar-refractivity contribution in [2.24, 2.45) is 4.99 Å². The summed E-state index contributed by atoms with van der Waals surface area (Å²) in [5.41, 5.74) is 1.50. The number of nitrogens with one attached hydrogen (secondary N) is 2. The van der Waals surface area contributed by atoms with E-state index in [9.17, 15) is 4.39 Å². The Morgan fingerprint density at radius 1 is 1.18 bits per heavy atom. The Balaban J connectivity index is 1.95. The molecule has 0 spiro atoms. The summed E-state index contributed by atoms with van der Waals surface area (Å²) in [4.78, 5) is 8.53. The molecule has 0 saturated carbocycles. The molecular formula is C16H16ClFN4. The van der Waals surface area contributed by atoms with Crippen LogP contribution < -0.4 is 10.6 Å². The molecule has 1 saturated heterocycles. The van der Waals surface area contributed by atoms with Gasteiger partial charge >= 0.3 is 0 Å². The fraction of sp³-hybridized carbons (Fsp3) is 0.250. The van der Waals surface area contributed by atoms with Gasteiger partial charge in [-0.3, -0.25) is 9.98 Å². The molecule has 2 aromatic rings. The Morgan fingerprint density at radius 2 is 1.91 bits per heavy atom. The first-order chi connectivity index (χ1) is 10.8. The number of guanidine groups is 1. The summed E-state index contributed by atoms with van der Waals surface area (Å²) in [5.74, 6) is 0.151. The van der Waals surface area contributed by atoms with Gasteiger partial charge in [-0.15, -0.1) is 0 Å². The van der Waals surface area contributed by atoms with Gasteiger partial charge in [-0.05, 0) is 29.3 Å². The third-order valence-corrected chi connectivity index (χ3v) is 3.90. The molecule has 0 aliphatic carbocycles. The highest BCUT2D eigenvalue weighted by atomic mass is 35.5. The Morgan fingerprint density at radius 3 is 2.64 bits per heavy atom. The van der Waals surface area contributed by atoms with Gasteiger partial charge < -0.3 is 10.6 Å². The SMILES string of the molecule is Fc1c(Cl)cccc1C(CN=C1NCCN1)c1ccncc1. The molecule has 2 N–H and O–H groups in total. The average Bonchev–Trinajstić information content (AvgIpc) is 3.06. The third-order valence-electron chi connectivity index (χ3n) is 3.61. The highest BCUT2D eigenvalue weighted by Gasteiger charge is 2.20. The molecule has 1 aliphatic heterocycles. The Labute approximate surface area is 133 Å². The molecule has 1 aromatic heterocycles. The zero-order valence-electron chi connectivity index (χ0n) is 11.9. The minimum absolute atomic E-state index is 0.126. The molecule has 0 amide bonds. The first-order valence-electron chi connectivity index (χ1n) is 7.11. The van der Waals surface area contributed by atoms with Crippen LogP contribution in [0.25, 0.3) is 0 Å². The van der Waals surface area contributed by atoms with Gasteiger partial charge in [-0.2, -0.15) is 0 Å². The van der Waals surface area contributed by atoms with E-state index in [4.69, 9.17) is 11.6 Å². The van der Waals surface area contributed by atoms with E-state index < -0.39 is 5.82 Å². The van der Waals surface area contributed by atoms with Crippen LogP contribution in [0.1, 0.15) is 17.0 Å². The average molecular weight is 319 g/mol. The van der Waals surface area contributed by atoms with Crippen LogP contribution in [-0.2, 0) is 0 Å². The molecule has 1 atom stereocenters. The van der Waals surface area contributed by atoms with Crippen molar-refractivity contribution in [1.82, 2.24) is 15.6 Å². The number of hydrogen-bond acceptors (Lipinski definition) is 2. The number of pyridine rings is 1. The predicted octanol–water partition coefficient (Wildman–Crippen LogP) is 2.55.